The molecule has 1 aromatic rings. The van der Waals surface area contributed by atoms with Gasteiger partial charge in [0.05, 0.1) is 19.1 Å². The van der Waals surface area contributed by atoms with Gasteiger partial charge in [-0.25, -0.2) is 4.99 Å². The molecule has 0 aromatic heterocycles. The van der Waals surface area contributed by atoms with Gasteiger partial charge in [0.1, 0.15) is 5.75 Å². The van der Waals surface area contributed by atoms with Gasteiger partial charge in [-0.15, -0.1) is 24.0 Å². The van der Waals surface area contributed by atoms with E-state index < -0.39 is 5.41 Å². The molecule has 1 aromatic carbocycles. The van der Waals surface area contributed by atoms with Gasteiger partial charge in [0.25, 0.3) is 0 Å². The minimum absolute atomic E-state index is 0. The third-order valence-electron chi connectivity index (χ3n) is 3.26. The number of halogens is 1. The van der Waals surface area contributed by atoms with Crippen molar-refractivity contribution < 1.29 is 9.53 Å². The van der Waals surface area contributed by atoms with Crippen molar-refractivity contribution >= 4 is 35.8 Å². The first-order valence-corrected chi connectivity index (χ1v) is 7.34. The number of carbonyl (C=O) groups excluding carboxylic acids is 1. The van der Waals surface area contributed by atoms with Crippen LogP contribution in [0.2, 0.25) is 0 Å². The Morgan fingerprint density at radius 2 is 2.04 bits per heavy atom. The summed E-state index contributed by atoms with van der Waals surface area (Å²) in [7, 11) is 1.64. The fourth-order valence-electron chi connectivity index (χ4n) is 1.67. The third kappa shape index (κ3) is 7.54. The summed E-state index contributed by atoms with van der Waals surface area (Å²) in [5.74, 6) is 1.11. The normalized spacial score (nSPS) is 11.4. The third-order valence-corrected chi connectivity index (χ3v) is 3.26. The van der Waals surface area contributed by atoms with E-state index in [1.807, 2.05) is 31.2 Å². The fourth-order valence-corrected chi connectivity index (χ4v) is 1.67. The molecule has 130 valence electrons. The van der Waals surface area contributed by atoms with E-state index in [0.29, 0.717) is 19.0 Å². The van der Waals surface area contributed by atoms with Crippen molar-refractivity contribution in [3.63, 3.8) is 0 Å². The second-order valence-corrected chi connectivity index (χ2v) is 5.65. The molecule has 0 fully saturated rings. The number of ether oxygens (including phenoxy) is 1. The summed E-state index contributed by atoms with van der Waals surface area (Å²) in [5, 5.41) is 6.30. The standard InChI is InChI=1S/C16H26N4O2.HI/c1-5-18-15(20-11-16(2,3)14(17)21)19-10-12-7-6-8-13(9-12)22-4;/h6-9H,5,10-11H2,1-4H3,(H2,17,21)(H2,18,19,20);1H. The van der Waals surface area contributed by atoms with Gasteiger partial charge in [-0.1, -0.05) is 12.1 Å². The van der Waals surface area contributed by atoms with Crippen LogP contribution in [0.15, 0.2) is 29.3 Å². The van der Waals surface area contributed by atoms with Crippen LogP contribution < -0.4 is 21.1 Å². The number of hydrogen-bond donors (Lipinski definition) is 3. The molecule has 0 aliphatic rings. The van der Waals surface area contributed by atoms with Gasteiger partial charge in [0.15, 0.2) is 5.96 Å². The number of amides is 1. The quantitative estimate of drug-likeness (QED) is 0.348. The van der Waals surface area contributed by atoms with Crippen molar-refractivity contribution in [1.82, 2.24) is 10.6 Å². The Morgan fingerprint density at radius 1 is 1.35 bits per heavy atom. The predicted octanol–water partition coefficient (Wildman–Crippen LogP) is 1.88. The topological polar surface area (TPSA) is 88.7 Å². The van der Waals surface area contributed by atoms with Gasteiger partial charge in [-0.05, 0) is 38.5 Å². The van der Waals surface area contributed by atoms with Crippen LogP contribution in [0.5, 0.6) is 5.75 Å². The van der Waals surface area contributed by atoms with Crippen LogP contribution in [-0.4, -0.2) is 32.1 Å². The molecule has 0 radical (unpaired) electrons. The molecule has 4 N–H and O–H groups in total. The number of methoxy groups -OCH3 is 1. The molecule has 7 heteroatoms. The lowest BCUT2D eigenvalue weighted by molar-refractivity contribution is -0.125. The number of primary amides is 1. The summed E-state index contributed by atoms with van der Waals surface area (Å²) in [4.78, 5) is 15.9. The van der Waals surface area contributed by atoms with E-state index in [9.17, 15) is 4.79 Å². The van der Waals surface area contributed by atoms with Gasteiger partial charge in [0.2, 0.25) is 5.91 Å². The number of carbonyl (C=O) groups is 1. The van der Waals surface area contributed by atoms with E-state index in [-0.39, 0.29) is 29.9 Å². The molecule has 6 nitrogen and oxygen atoms in total. The molecule has 0 bridgehead atoms. The summed E-state index contributed by atoms with van der Waals surface area (Å²) in [6.07, 6.45) is 0. The number of guanidine groups is 1. The zero-order valence-electron chi connectivity index (χ0n) is 14.2. The molecule has 23 heavy (non-hydrogen) atoms. The Labute approximate surface area is 155 Å². The van der Waals surface area contributed by atoms with Gasteiger partial charge in [0, 0.05) is 13.1 Å². The number of nitrogens with zero attached hydrogens (tertiary/aromatic N) is 1. The average Bonchev–Trinajstić information content (AvgIpc) is 2.50. The van der Waals surface area contributed by atoms with Gasteiger partial charge in [-0.3, -0.25) is 4.79 Å². The van der Waals surface area contributed by atoms with Gasteiger partial charge < -0.3 is 21.1 Å². The summed E-state index contributed by atoms with van der Waals surface area (Å²) >= 11 is 0. The maximum absolute atomic E-state index is 11.3. The first-order chi connectivity index (χ1) is 10.4. The highest BCUT2D eigenvalue weighted by Crippen LogP contribution is 2.13. The Hall–Kier alpha value is -1.51. The lowest BCUT2D eigenvalue weighted by Crippen LogP contribution is -2.46. The summed E-state index contributed by atoms with van der Waals surface area (Å²) < 4.78 is 5.20. The molecule has 1 amide bonds. The molecule has 0 aliphatic carbocycles. The molecule has 1 rings (SSSR count). The Bertz CT molecular complexity index is 533. The highest BCUT2D eigenvalue weighted by Gasteiger charge is 2.24. The molecule has 0 unspecified atom stereocenters. The molecule has 0 atom stereocenters. The highest BCUT2D eigenvalue weighted by molar-refractivity contribution is 14.0. The Kier molecular flexibility index (Phi) is 9.62. The van der Waals surface area contributed by atoms with Crippen LogP contribution in [0.25, 0.3) is 0 Å². The van der Waals surface area contributed by atoms with Crippen LogP contribution >= 0.6 is 24.0 Å². The summed E-state index contributed by atoms with van der Waals surface area (Å²) in [6, 6.07) is 7.76. The maximum atomic E-state index is 11.3. The Morgan fingerprint density at radius 3 is 2.61 bits per heavy atom. The van der Waals surface area contributed by atoms with Crippen LogP contribution in [0, 0.1) is 5.41 Å². The number of nitrogens with one attached hydrogen (secondary N) is 2. The van der Waals surface area contributed by atoms with E-state index >= 15 is 0 Å². The summed E-state index contributed by atoms with van der Waals surface area (Å²) in [5.41, 5.74) is 5.79. The van der Waals surface area contributed by atoms with Gasteiger partial charge in [-0.2, -0.15) is 0 Å². The number of hydrogen-bond acceptors (Lipinski definition) is 3. The smallest absolute Gasteiger partial charge is 0.224 e. The zero-order valence-corrected chi connectivity index (χ0v) is 16.5. The molecule has 0 spiro atoms. The predicted molar refractivity (Wildman–Crippen MR) is 104 cm³/mol. The molecule has 0 saturated heterocycles. The Balaban J connectivity index is 0.00000484. The van der Waals surface area contributed by atoms with E-state index in [1.165, 1.54) is 0 Å². The monoisotopic (exact) mass is 434 g/mol. The van der Waals surface area contributed by atoms with Crippen molar-refractivity contribution in [2.75, 3.05) is 20.2 Å². The number of nitrogens with two attached hydrogens (primary N) is 1. The van der Waals surface area contributed by atoms with Crippen LogP contribution in [0.1, 0.15) is 26.3 Å². The van der Waals surface area contributed by atoms with E-state index in [2.05, 4.69) is 15.6 Å². The second-order valence-electron chi connectivity index (χ2n) is 5.65. The minimum atomic E-state index is -0.633. The molecule has 0 aliphatic heterocycles. The molecule has 0 saturated carbocycles. The first kappa shape index (κ1) is 21.5. The van der Waals surface area contributed by atoms with E-state index in [0.717, 1.165) is 17.9 Å². The SMILES string of the molecule is CCNC(=NCc1cccc(OC)c1)NCC(C)(C)C(N)=O.I. The number of rotatable bonds is 7. The van der Waals surface area contributed by atoms with E-state index in [4.69, 9.17) is 10.5 Å². The molecule has 0 heterocycles. The lowest BCUT2D eigenvalue weighted by Gasteiger charge is -2.22. The molecular formula is C16H27IN4O2. The van der Waals surface area contributed by atoms with Crippen molar-refractivity contribution in [1.29, 1.82) is 0 Å². The number of aliphatic imine (C=N–C) groups is 1. The number of benzene rings is 1. The maximum Gasteiger partial charge on any atom is 0.224 e. The largest absolute Gasteiger partial charge is 0.497 e. The lowest BCUT2D eigenvalue weighted by atomic mass is 9.93. The van der Waals surface area contributed by atoms with Crippen molar-refractivity contribution in [2.24, 2.45) is 16.1 Å². The minimum Gasteiger partial charge on any atom is -0.497 e. The van der Waals surface area contributed by atoms with Crippen molar-refractivity contribution in [3.8, 4) is 5.75 Å². The zero-order chi connectivity index (χ0) is 16.6. The van der Waals surface area contributed by atoms with Crippen LogP contribution in [-0.2, 0) is 11.3 Å². The van der Waals surface area contributed by atoms with Crippen LogP contribution in [0.3, 0.4) is 0 Å². The highest BCUT2D eigenvalue weighted by atomic mass is 127. The molecular weight excluding hydrogens is 407 g/mol. The van der Waals surface area contributed by atoms with Crippen LogP contribution in [0.4, 0.5) is 0 Å². The first-order valence-electron chi connectivity index (χ1n) is 7.34. The van der Waals surface area contributed by atoms with Crippen molar-refractivity contribution in [2.45, 2.75) is 27.3 Å². The average molecular weight is 434 g/mol. The fraction of sp³-hybridized carbons (Fsp3) is 0.500. The van der Waals surface area contributed by atoms with E-state index in [1.54, 1.807) is 21.0 Å². The van der Waals surface area contributed by atoms with Crippen molar-refractivity contribution in [3.05, 3.63) is 29.8 Å². The van der Waals surface area contributed by atoms with Gasteiger partial charge >= 0.3 is 0 Å². The summed E-state index contributed by atoms with van der Waals surface area (Å²) in [6.45, 7) is 7.26. The second kappa shape index (κ2) is 10.3.